The number of halogens is 2. The van der Waals surface area contributed by atoms with Crippen LogP contribution in [0.5, 0.6) is 0 Å². The van der Waals surface area contributed by atoms with Gasteiger partial charge >= 0.3 is 0 Å². The molecule has 0 radical (unpaired) electrons. The summed E-state index contributed by atoms with van der Waals surface area (Å²) in [6.45, 7) is 0. The van der Waals surface area contributed by atoms with Crippen molar-refractivity contribution in [3.8, 4) is 0 Å². The van der Waals surface area contributed by atoms with Gasteiger partial charge in [0.15, 0.2) is 11.6 Å². The van der Waals surface area contributed by atoms with Crippen LogP contribution in [0.3, 0.4) is 0 Å². The van der Waals surface area contributed by atoms with Gasteiger partial charge in [-0.25, -0.2) is 8.78 Å². The van der Waals surface area contributed by atoms with E-state index in [2.05, 4.69) is 0 Å². The fourth-order valence-electron chi connectivity index (χ4n) is 2.72. The van der Waals surface area contributed by atoms with Crippen LogP contribution in [0.15, 0.2) is 30.7 Å². The molecule has 18 heavy (non-hydrogen) atoms. The molecule has 1 aromatic carbocycles. The lowest BCUT2D eigenvalue weighted by Crippen LogP contribution is -2.34. The van der Waals surface area contributed by atoms with Crippen LogP contribution >= 0.6 is 0 Å². The molecule has 3 rings (SSSR count). The molecule has 1 saturated carbocycles. The van der Waals surface area contributed by atoms with Crippen molar-refractivity contribution in [2.24, 2.45) is 0 Å². The molecule has 1 spiro atoms. The van der Waals surface area contributed by atoms with Crippen molar-refractivity contribution in [1.82, 2.24) is 0 Å². The van der Waals surface area contributed by atoms with E-state index >= 15 is 0 Å². The van der Waals surface area contributed by atoms with Gasteiger partial charge in [-0.15, -0.1) is 0 Å². The van der Waals surface area contributed by atoms with Crippen LogP contribution in [0.4, 0.5) is 8.78 Å². The fraction of sp³-hybridized carbons (Fsp3) is 0.429. The molecule has 4 heteroatoms. The first kappa shape index (κ1) is 11.5. The molecule has 1 aliphatic heterocycles. The van der Waals surface area contributed by atoms with Crippen molar-refractivity contribution in [2.75, 3.05) is 0 Å². The molecule has 1 aliphatic carbocycles. The van der Waals surface area contributed by atoms with E-state index in [0.29, 0.717) is 0 Å². The number of hydrogen-bond acceptors (Lipinski definition) is 2. The lowest BCUT2D eigenvalue weighted by Gasteiger charge is -2.35. The molecule has 2 aliphatic rings. The van der Waals surface area contributed by atoms with E-state index in [1.165, 1.54) is 12.1 Å². The Morgan fingerprint density at radius 1 is 1.00 bits per heavy atom. The first-order valence-electron chi connectivity index (χ1n) is 6.14. The lowest BCUT2D eigenvalue weighted by molar-refractivity contribution is -0.164. The van der Waals surface area contributed by atoms with Gasteiger partial charge in [0, 0.05) is 12.8 Å². The molecule has 1 heterocycles. The topological polar surface area (TPSA) is 18.5 Å². The maximum Gasteiger partial charge on any atom is 0.249 e. The minimum atomic E-state index is -0.794. The summed E-state index contributed by atoms with van der Waals surface area (Å²) in [5, 5.41) is 0. The maximum absolute atomic E-state index is 13.2. The molecular weight excluding hydrogens is 238 g/mol. The Morgan fingerprint density at radius 3 is 2.28 bits per heavy atom. The van der Waals surface area contributed by atoms with Crippen molar-refractivity contribution in [3.63, 3.8) is 0 Å². The van der Waals surface area contributed by atoms with Crippen molar-refractivity contribution < 1.29 is 18.3 Å². The molecule has 0 amide bonds. The maximum atomic E-state index is 13.2. The zero-order chi connectivity index (χ0) is 12.6. The zero-order valence-corrected chi connectivity index (χ0v) is 9.86. The molecule has 1 aromatic rings. The lowest BCUT2D eigenvalue weighted by atomic mass is 9.81. The van der Waals surface area contributed by atoms with Crippen LogP contribution in [0.1, 0.15) is 37.2 Å². The summed E-state index contributed by atoms with van der Waals surface area (Å²) in [4.78, 5) is 0. The van der Waals surface area contributed by atoms with Crippen LogP contribution in [-0.2, 0) is 9.47 Å². The van der Waals surface area contributed by atoms with E-state index in [0.717, 1.165) is 31.2 Å². The van der Waals surface area contributed by atoms with Crippen LogP contribution in [0.25, 0.3) is 0 Å². The number of hydrogen-bond donors (Lipinski definition) is 0. The second-order valence-corrected chi connectivity index (χ2v) is 4.87. The van der Waals surface area contributed by atoms with Gasteiger partial charge in [-0.3, -0.25) is 0 Å². The molecule has 96 valence electrons. The number of rotatable bonds is 1. The van der Waals surface area contributed by atoms with E-state index in [-0.39, 0.29) is 5.92 Å². The first-order valence-corrected chi connectivity index (χ1v) is 6.14. The van der Waals surface area contributed by atoms with Crippen LogP contribution in [0, 0.1) is 11.6 Å². The molecule has 0 saturated heterocycles. The summed E-state index contributed by atoms with van der Waals surface area (Å²) in [5.41, 5.74) is 0.856. The number of ether oxygens (including phenoxy) is 2. The molecular formula is C14H14F2O2. The summed E-state index contributed by atoms with van der Waals surface area (Å²) in [7, 11) is 0. The van der Waals surface area contributed by atoms with Gasteiger partial charge in [-0.2, -0.15) is 0 Å². The van der Waals surface area contributed by atoms with Crippen molar-refractivity contribution in [3.05, 3.63) is 47.9 Å². The van der Waals surface area contributed by atoms with Gasteiger partial charge in [0.1, 0.15) is 12.5 Å². The largest absolute Gasteiger partial charge is 0.457 e. The van der Waals surface area contributed by atoms with Crippen molar-refractivity contribution >= 4 is 0 Å². The second kappa shape index (κ2) is 4.26. The SMILES string of the molecule is Fc1ccc(C2CCC3(CC2)OC=CO3)cc1F. The van der Waals surface area contributed by atoms with Gasteiger partial charge in [-0.05, 0) is 36.5 Å². The smallest absolute Gasteiger partial charge is 0.249 e. The Kier molecular flexibility index (Phi) is 2.73. The molecule has 1 fully saturated rings. The van der Waals surface area contributed by atoms with Gasteiger partial charge in [-0.1, -0.05) is 6.07 Å². The summed E-state index contributed by atoms with van der Waals surface area (Å²) in [6.07, 6.45) is 6.38. The molecule has 2 nitrogen and oxygen atoms in total. The third-order valence-corrected chi connectivity index (χ3v) is 3.78. The minimum absolute atomic E-state index is 0.249. The zero-order valence-electron chi connectivity index (χ0n) is 9.86. The van der Waals surface area contributed by atoms with Gasteiger partial charge in [0.2, 0.25) is 5.79 Å². The highest BCUT2D eigenvalue weighted by molar-refractivity contribution is 5.22. The molecule has 0 atom stereocenters. The van der Waals surface area contributed by atoms with Crippen LogP contribution in [-0.4, -0.2) is 5.79 Å². The fourth-order valence-corrected chi connectivity index (χ4v) is 2.72. The predicted octanol–water partition coefficient (Wildman–Crippen LogP) is 3.84. The Bertz CT molecular complexity index is 467. The van der Waals surface area contributed by atoms with E-state index in [4.69, 9.17) is 9.47 Å². The summed E-state index contributed by atoms with van der Waals surface area (Å²) >= 11 is 0. The van der Waals surface area contributed by atoms with E-state index < -0.39 is 17.4 Å². The summed E-state index contributed by atoms with van der Waals surface area (Å²) in [5.74, 6) is -1.83. The molecule has 0 unspecified atom stereocenters. The third kappa shape index (κ3) is 1.96. The van der Waals surface area contributed by atoms with Crippen molar-refractivity contribution in [2.45, 2.75) is 37.4 Å². The Labute approximate surface area is 104 Å². The highest BCUT2D eigenvalue weighted by Gasteiger charge is 2.40. The molecule has 0 aromatic heterocycles. The van der Waals surface area contributed by atoms with E-state index in [1.807, 2.05) is 0 Å². The third-order valence-electron chi connectivity index (χ3n) is 3.78. The summed E-state index contributed by atoms with van der Waals surface area (Å²) in [6, 6.07) is 4.15. The monoisotopic (exact) mass is 252 g/mol. The van der Waals surface area contributed by atoms with Crippen LogP contribution in [0.2, 0.25) is 0 Å². The Balaban J connectivity index is 1.70. The summed E-state index contributed by atoms with van der Waals surface area (Å²) < 4.78 is 37.0. The normalized spacial score (nSPS) is 21.9. The minimum Gasteiger partial charge on any atom is -0.457 e. The second-order valence-electron chi connectivity index (χ2n) is 4.87. The van der Waals surface area contributed by atoms with E-state index in [9.17, 15) is 8.78 Å². The Hall–Kier alpha value is -1.58. The average molecular weight is 252 g/mol. The first-order chi connectivity index (χ1) is 8.69. The average Bonchev–Trinajstić information content (AvgIpc) is 2.82. The molecule has 0 N–H and O–H groups in total. The quantitative estimate of drug-likeness (QED) is 0.756. The van der Waals surface area contributed by atoms with Gasteiger partial charge in [0.25, 0.3) is 0 Å². The van der Waals surface area contributed by atoms with Crippen molar-refractivity contribution in [1.29, 1.82) is 0 Å². The highest BCUT2D eigenvalue weighted by atomic mass is 19.2. The standard InChI is InChI=1S/C14H14F2O2/c15-12-2-1-11(9-13(12)16)10-3-5-14(6-4-10)17-7-8-18-14/h1-2,7-10H,3-6H2. The van der Waals surface area contributed by atoms with E-state index in [1.54, 1.807) is 18.6 Å². The number of benzene rings is 1. The van der Waals surface area contributed by atoms with Crippen LogP contribution < -0.4 is 0 Å². The molecule has 0 bridgehead atoms. The van der Waals surface area contributed by atoms with Gasteiger partial charge < -0.3 is 9.47 Å². The predicted molar refractivity (Wildman–Crippen MR) is 61.6 cm³/mol. The Morgan fingerprint density at radius 2 is 1.67 bits per heavy atom. The van der Waals surface area contributed by atoms with Gasteiger partial charge in [0.05, 0.1) is 0 Å². The highest BCUT2D eigenvalue weighted by Crippen LogP contribution is 2.42.